The molecule has 7 aliphatic heterocycles. The van der Waals surface area contributed by atoms with Crippen molar-refractivity contribution in [3.8, 4) is 23.0 Å². The van der Waals surface area contributed by atoms with E-state index in [0.717, 1.165) is 5.01 Å². The van der Waals surface area contributed by atoms with Crippen molar-refractivity contribution in [3.63, 3.8) is 0 Å². The number of carbonyl (C=O) groups excluding carboxylic acids is 14. The number of fused-ring (bicyclic) bond motifs is 4. The van der Waals surface area contributed by atoms with Crippen LogP contribution in [-0.4, -0.2) is 195 Å². The number of aliphatic carboxylic acids is 1. The van der Waals surface area contributed by atoms with Crippen LogP contribution in [0.2, 0.25) is 0 Å². The summed E-state index contributed by atoms with van der Waals surface area (Å²) in [5, 5.41) is 23.3. The summed E-state index contributed by atoms with van der Waals surface area (Å²) in [6.07, 6.45) is -1.04. The average Bonchev–Trinajstić information content (AvgIpc) is 1.58. The minimum absolute atomic E-state index is 0. The molecule has 2 aliphatic carbocycles. The number of hydrogen-bond acceptors (Lipinski definition) is 34. The first-order chi connectivity index (χ1) is 66.1. The van der Waals surface area contributed by atoms with Crippen LogP contribution in [0.5, 0.6) is 23.0 Å². The summed E-state index contributed by atoms with van der Waals surface area (Å²) in [6, 6.07) is 38.3. The molecule has 9 heterocycles. The Hall–Kier alpha value is -14.3. The van der Waals surface area contributed by atoms with Gasteiger partial charge in [-0.25, -0.2) is 44.2 Å². The molecule has 5 atom stereocenters. The third-order valence-electron chi connectivity index (χ3n) is 23.7. The van der Waals surface area contributed by atoms with Gasteiger partial charge in [0.2, 0.25) is 22.9 Å². The summed E-state index contributed by atoms with van der Waals surface area (Å²) in [6.45, 7) is 31.0. The number of esters is 5. The van der Waals surface area contributed by atoms with E-state index < -0.39 is 183 Å². The summed E-state index contributed by atoms with van der Waals surface area (Å²) >= 11 is 2.60. The number of Topliss-reactive ketones (excluding diaryl/α,β-unsaturated/α-hetero) is 3. The van der Waals surface area contributed by atoms with Gasteiger partial charge in [-0.2, -0.15) is 5.06 Å². The number of imide groups is 2. The summed E-state index contributed by atoms with van der Waals surface area (Å²) in [5.74, 6) is -17.8. The number of rotatable bonds is 26. The third-order valence-corrected chi connectivity index (χ3v) is 25.2. The molecule has 2 saturated carbocycles. The first-order valence-electron chi connectivity index (χ1n) is 45.4. The topological polar surface area (TPSA) is 469 Å². The van der Waals surface area contributed by atoms with Crippen molar-refractivity contribution in [1.82, 2.24) is 30.3 Å². The molecule has 0 bridgehead atoms. The Kier molecular flexibility index (Phi) is 28.2. The van der Waals surface area contributed by atoms with Gasteiger partial charge in [-0.05, 0) is 132 Å². The molecule has 0 radical (unpaired) electrons. The lowest BCUT2D eigenvalue weighted by molar-refractivity contribution is -0.263. The number of amides is 6. The van der Waals surface area contributed by atoms with Gasteiger partial charge in [0.05, 0.1) is 63.7 Å². The zero-order valence-electron chi connectivity index (χ0n) is 80.7. The molecule has 39 heteroatoms. The van der Waals surface area contributed by atoms with Gasteiger partial charge < -0.3 is 57.4 Å². The largest absolute Gasteiger partial charge is 0.480 e. The van der Waals surface area contributed by atoms with Crippen molar-refractivity contribution in [3.05, 3.63) is 222 Å². The Morgan fingerprint density at radius 1 is 0.486 bits per heavy atom. The van der Waals surface area contributed by atoms with Crippen molar-refractivity contribution in [1.29, 1.82) is 0 Å². The predicted octanol–water partition coefficient (Wildman–Crippen LogP) is 13.8. The van der Waals surface area contributed by atoms with E-state index in [1.807, 2.05) is 156 Å². The van der Waals surface area contributed by atoms with Crippen molar-refractivity contribution < 1.29 is 139 Å². The molecule has 142 heavy (non-hydrogen) atoms. The first-order valence-corrected chi connectivity index (χ1v) is 47.2. The number of aromatic nitrogens is 2. The molecule has 748 valence electrons. The van der Waals surface area contributed by atoms with E-state index in [2.05, 4.69) is 25.8 Å². The number of ether oxygens (including phenoxy) is 9. The van der Waals surface area contributed by atoms with Crippen LogP contribution in [0.15, 0.2) is 167 Å². The fraction of sp³-hybridized carbons (Fsp3) is 0.427. The van der Waals surface area contributed by atoms with Crippen molar-refractivity contribution in [2.24, 2.45) is 33.0 Å². The lowest BCUT2D eigenvalue weighted by Gasteiger charge is -2.49. The molecule has 8 aromatic rings. The van der Waals surface area contributed by atoms with E-state index in [9.17, 15) is 77.0 Å². The van der Waals surface area contributed by atoms with E-state index in [4.69, 9.17) is 62.0 Å². The van der Waals surface area contributed by atoms with Gasteiger partial charge in [0, 0.05) is 78.0 Å². The van der Waals surface area contributed by atoms with Crippen LogP contribution in [0.1, 0.15) is 255 Å². The predicted molar refractivity (Wildman–Crippen MR) is 506 cm³/mol. The first kappa shape index (κ1) is 104. The molecule has 5 fully saturated rings. The summed E-state index contributed by atoms with van der Waals surface area (Å²) < 4.78 is 53.4. The van der Waals surface area contributed by atoms with Crippen LogP contribution in [0.3, 0.4) is 0 Å². The molecular weight excluding hydrogens is 1880 g/mol. The SMILES string of the molecule is C.CC(C)(C)OC(=O)C(=O)C[C@@H](C(=O)O)N1C(=O)c2cc3c(cc2C1=O)OC(c1ccccc1)(c1ccccc1)O3.Cc1nc(/C(=N/OC2(C(=O)OC(C)(C)C)CC(C)(C)C2)C(=O)C[C@H]2CON(C3(C(=O)OC(C)(C)C)C[C@H](N4C(=O)c5cc6c(cc5C4=O)OC(c4ccccc4)(c4ccccc4)O6)C(=O)O3)C2=O)cs1.Cc1nc(/C(=N/OC2(C(=O)OC(C)(C)C)CC(C)(C)C2)C(=O)C[C@H]2CONC2=O)cs1. The Labute approximate surface area is 825 Å². The number of ketones is 3. The van der Waals surface area contributed by atoms with Gasteiger partial charge in [-0.15, -0.1) is 22.7 Å². The smallest absolute Gasteiger partial charge is 0.375 e. The minimum atomic E-state index is -2.65. The van der Waals surface area contributed by atoms with E-state index >= 15 is 0 Å². The number of benzene rings is 6. The monoisotopic (exact) mass is 1990 g/mol. The number of hydrogen-bond donors (Lipinski definition) is 2. The fourth-order valence-corrected chi connectivity index (χ4v) is 19.1. The van der Waals surface area contributed by atoms with Gasteiger partial charge >= 0.3 is 53.1 Å². The molecule has 0 spiro atoms. The third kappa shape index (κ3) is 21.0. The molecule has 1 unspecified atom stereocenters. The Morgan fingerprint density at radius 2 is 0.845 bits per heavy atom. The van der Waals surface area contributed by atoms with Crippen LogP contribution in [0, 0.1) is 36.5 Å². The number of carbonyl (C=O) groups is 15. The normalized spacial score (nSPS) is 20.8. The zero-order chi connectivity index (χ0) is 102. The summed E-state index contributed by atoms with van der Waals surface area (Å²) in [4.78, 5) is 233. The molecule has 2 N–H and O–H groups in total. The van der Waals surface area contributed by atoms with Crippen molar-refractivity contribution in [2.45, 2.75) is 246 Å². The van der Waals surface area contributed by atoms with Crippen LogP contribution in [-0.2, 0) is 107 Å². The Bertz CT molecular complexity index is 6290. The number of oxime groups is 2. The molecule has 6 amide bonds. The van der Waals surface area contributed by atoms with Gasteiger partial charge in [-0.1, -0.05) is 167 Å². The van der Waals surface area contributed by atoms with E-state index in [1.165, 1.54) is 46.9 Å². The molecule has 2 aromatic heterocycles. The molecule has 17 rings (SSSR count). The Balaban J connectivity index is 0.000000187. The highest BCUT2D eigenvalue weighted by Gasteiger charge is 2.68. The number of cyclic esters (lactones) is 1. The van der Waals surface area contributed by atoms with E-state index in [0.29, 0.717) is 60.7 Å². The van der Waals surface area contributed by atoms with E-state index in [1.54, 1.807) is 101 Å². The highest BCUT2D eigenvalue weighted by atomic mass is 32.1. The van der Waals surface area contributed by atoms with Crippen molar-refractivity contribution in [2.75, 3.05) is 13.2 Å². The second-order valence-electron chi connectivity index (χ2n) is 41.1. The summed E-state index contributed by atoms with van der Waals surface area (Å²) in [7, 11) is 0. The van der Waals surface area contributed by atoms with Crippen LogP contribution < -0.4 is 24.4 Å². The maximum absolute atomic E-state index is 14.5. The molecule has 3 saturated heterocycles. The molecule has 9 aliphatic rings. The fourth-order valence-electron chi connectivity index (χ4n) is 17.9. The van der Waals surface area contributed by atoms with E-state index in [-0.39, 0.29) is 112 Å². The van der Waals surface area contributed by atoms with Gasteiger partial charge in [0.25, 0.3) is 29.5 Å². The second-order valence-corrected chi connectivity index (χ2v) is 43.2. The number of nitrogens with zero attached hydrogens (tertiary/aromatic N) is 7. The maximum atomic E-state index is 14.5. The van der Waals surface area contributed by atoms with Crippen molar-refractivity contribution >= 4 is 123 Å². The number of aryl methyl sites for hydroxylation is 2. The Morgan fingerprint density at radius 3 is 1.18 bits per heavy atom. The van der Waals surface area contributed by atoms with Crippen LogP contribution in [0.4, 0.5) is 0 Å². The number of carboxylic acids is 1. The highest BCUT2D eigenvalue weighted by Crippen LogP contribution is 2.56. The number of nitrogens with one attached hydrogen (secondary N) is 1. The van der Waals surface area contributed by atoms with Gasteiger partial charge in [0.15, 0.2) is 46.0 Å². The second kappa shape index (κ2) is 38.6. The van der Waals surface area contributed by atoms with Crippen LogP contribution in [0.25, 0.3) is 0 Å². The minimum Gasteiger partial charge on any atom is -0.480 e. The summed E-state index contributed by atoms with van der Waals surface area (Å²) in [5.41, 5.74) is -4.86. The highest BCUT2D eigenvalue weighted by molar-refractivity contribution is 7.10. The van der Waals surface area contributed by atoms with Gasteiger partial charge in [0.1, 0.15) is 45.9 Å². The molecular formula is C103H110N8O29S2. The average molecular weight is 1990 g/mol. The number of thiazole rings is 2. The lowest BCUT2D eigenvalue weighted by atomic mass is 9.61. The quantitative estimate of drug-likeness (QED) is 0.0127. The standard InChI is InChI=1S/C51H52N4O14S.C30H25NO9.C21H29N3O6S.CH4/c1-28-52-34(25-70-28)39(53-69-49(26-48(8,9)27-49)44(61)67-46(2,3)4)36(56)20-29-24-63-55(40(29)57)50(45(62)68-47(5,6)7)23-35(43(60)66-50)54-41(58)32-21-37-38(22-33(32)42(54)59)65-51(64-37,30-16-12-10-13-17-30)31-18-14-11-15-19-31;1-29(2,3)40-28(37)22(32)16-21(27(35)36)31-25(33)19-14-23-24(15-20(19)26(31)34)39-30(38-23,17-10-6-4-7-11-17)18-12-8-5-9-13-18;1-12-22-14(9-31-12)16(15(25)7-13-8-28-24-17(13)26)23-30-21(10-20(5,6)11-21)18(27)29-19(2,3)4;/h10-19,21-22,25,29,35H,20,23-24,26-27H2,1-9H3;4-15,21H,16H2,1-3H3,(H,35,36);9,13H,7-8,10-11H2,1-6H3,(H,24,26);1H4/b53-39-;;23-16-;/t29-,35-,50?;21-;13-;/m000./s1. The lowest BCUT2D eigenvalue weighted by Crippen LogP contribution is -2.57. The number of hydroxylamine groups is 3. The number of carboxylic acid groups (broad SMARTS) is 1. The van der Waals surface area contributed by atoms with Crippen LogP contribution >= 0.6 is 22.7 Å². The van der Waals surface area contributed by atoms with Gasteiger partial charge in [-0.3, -0.25) is 62.6 Å². The maximum Gasteiger partial charge on any atom is 0.375 e. The zero-order valence-corrected chi connectivity index (χ0v) is 82.3. The molecule has 6 aromatic carbocycles. The molecule has 37 nitrogen and oxygen atoms in total.